The Hall–Kier alpha value is -0.150. The van der Waals surface area contributed by atoms with E-state index >= 15 is 0 Å². The second-order valence-electron chi connectivity index (χ2n) is 3.68. The molecule has 3 heteroatoms. The van der Waals surface area contributed by atoms with E-state index in [0.717, 1.165) is 6.42 Å². The van der Waals surface area contributed by atoms with Crippen molar-refractivity contribution in [1.82, 2.24) is 0 Å². The molecule has 1 fully saturated rings. The summed E-state index contributed by atoms with van der Waals surface area (Å²) < 4.78 is 18.5. The summed E-state index contributed by atoms with van der Waals surface area (Å²) in [6.07, 6.45) is -1.16. The van der Waals surface area contributed by atoms with Gasteiger partial charge < -0.3 is 9.84 Å². The molecule has 1 unspecified atom stereocenters. The molecule has 0 aromatic heterocycles. The predicted molar refractivity (Wildman–Crippen MR) is 44.5 cm³/mol. The van der Waals surface area contributed by atoms with Gasteiger partial charge in [-0.05, 0) is 12.8 Å². The molecule has 0 aliphatic carbocycles. The minimum absolute atomic E-state index is 0.146. The van der Waals surface area contributed by atoms with Crippen LogP contribution >= 0.6 is 0 Å². The number of rotatable bonds is 2. The van der Waals surface area contributed by atoms with E-state index in [-0.39, 0.29) is 6.10 Å². The van der Waals surface area contributed by atoms with Crippen LogP contribution in [0.1, 0.15) is 33.6 Å². The van der Waals surface area contributed by atoms with E-state index in [1.54, 1.807) is 0 Å². The molecule has 1 aliphatic rings. The molecule has 1 heterocycles. The fraction of sp³-hybridized carbons (Fsp3) is 1.00. The molecular formula is C9H17FO2. The van der Waals surface area contributed by atoms with Crippen LogP contribution in [0.25, 0.3) is 0 Å². The van der Waals surface area contributed by atoms with Crippen LogP contribution in [0, 0.1) is 5.41 Å². The fourth-order valence-corrected chi connectivity index (χ4v) is 1.88. The van der Waals surface area contributed by atoms with Crippen LogP contribution in [0.2, 0.25) is 0 Å². The average Bonchev–Trinajstić information content (AvgIpc) is 2.30. The maximum Gasteiger partial charge on any atom is 0.187 e. The first-order chi connectivity index (χ1) is 5.56. The van der Waals surface area contributed by atoms with Crippen LogP contribution in [-0.2, 0) is 4.74 Å². The van der Waals surface area contributed by atoms with Gasteiger partial charge in [0.2, 0.25) is 0 Å². The molecule has 0 aromatic rings. The predicted octanol–water partition coefficient (Wildman–Crippen LogP) is 1.87. The van der Waals surface area contributed by atoms with E-state index in [0.29, 0.717) is 6.42 Å². The standard InChI is InChI=1S/C9H17FO2/c1-4-6-9(3,5-2)7(10)8(11)12-6/h6-8,11H,4-5H2,1-3H3/t6-,7-,8?,9-/m1/s1. The summed E-state index contributed by atoms with van der Waals surface area (Å²) in [4.78, 5) is 0. The molecule has 12 heavy (non-hydrogen) atoms. The van der Waals surface area contributed by atoms with Crippen molar-refractivity contribution in [3.05, 3.63) is 0 Å². The summed E-state index contributed by atoms with van der Waals surface area (Å²) in [5, 5.41) is 9.17. The Labute approximate surface area is 72.7 Å². The highest BCUT2D eigenvalue weighted by atomic mass is 19.1. The van der Waals surface area contributed by atoms with E-state index in [1.165, 1.54) is 0 Å². The number of aliphatic hydroxyl groups excluding tert-OH is 1. The number of hydrogen-bond donors (Lipinski definition) is 1. The largest absolute Gasteiger partial charge is 0.366 e. The zero-order valence-corrected chi connectivity index (χ0v) is 7.88. The van der Waals surface area contributed by atoms with Gasteiger partial charge >= 0.3 is 0 Å². The summed E-state index contributed by atoms with van der Waals surface area (Å²) in [5.41, 5.74) is -0.506. The zero-order chi connectivity index (χ0) is 9.35. The van der Waals surface area contributed by atoms with Gasteiger partial charge in [-0.1, -0.05) is 20.8 Å². The zero-order valence-electron chi connectivity index (χ0n) is 7.88. The van der Waals surface area contributed by atoms with E-state index < -0.39 is 17.9 Å². The van der Waals surface area contributed by atoms with Gasteiger partial charge in [-0.2, -0.15) is 0 Å². The highest BCUT2D eigenvalue weighted by Gasteiger charge is 2.51. The first kappa shape index (κ1) is 9.93. The van der Waals surface area contributed by atoms with Crippen molar-refractivity contribution in [1.29, 1.82) is 0 Å². The van der Waals surface area contributed by atoms with E-state index in [2.05, 4.69) is 0 Å². The minimum atomic E-state index is -1.24. The highest BCUT2D eigenvalue weighted by molar-refractivity contribution is 4.95. The number of alkyl halides is 1. The van der Waals surface area contributed by atoms with Gasteiger partial charge in [-0.25, -0.2) is 4.39 Å². The molecular weight excluding hydrogens is 159 g/mol. The molecule has 0 bridgehead atoms. The van der Waals surface area contributed by atoms with Crippen LogP contribution in [0.3, 0.4) is 0 Å². The van der Waals surface area contributed by atoms with Crippen LogP contribution in [-0.4, -0.2) is 23.7 Å². The lowest BCUT2D eigenvalue weighted by molar-refractivity contribution is -0.112. The third-order valence-electron chi connectivity index (χ3n) is 3.05. The summed E-state index contributed by atoms with van der Waals surface area (Å²) in [5.74, 6) is 0. The van der Waals surface area contributed by atoms with Gasteiger partial charge in [0.1, 0.15) is 0 Å². The molecule has 0 saturated carbocycles. The van der Waals surface area contributed by atoms with E-state index in [4.69, 9.17) is 9.84 Å². The maximum absolute atomic E-state index is 13.4. The number of hydrogen-bond acceptors (Lipinski definition) is 2. The SMILES string of the molecule is CC[C@H]1OC(O)[C@@H](F)[C@]1(C)CC. The van der Waals surface area contributed by atoms with Crippen LogP contribution in [0.5, 0.6) is 0 Å². The lowest BCUT2D eigenvalue weighted by Crippen LogP contribution is -2.34. The Morgan fingerprint density at radius 3 is 2.42 bits per heavy atom. The van der Waals surface area contributed by atoms with Crippen molar-refractivity contribution in [3.8, 4) is 0 Å². The summed E-state index contributed by atoms with van der Waals surface area (Å²) in [6.45, 7) is 5.71. The molecule has 0 amide bonds. The smallest absolute Gasteiger partial charge is 0.187 e. The Bertz CT molecular complexity index is 163. The summed E-state index contributed by atoms with van der Waals surface area (Å²) in [7, 11) is 0. The van der Waals surface area contributed by atoms with Crippen molar-refractivity contribution in [2.45, 2.75) is 52.2 Å². The summed E-state index contributed by atoms with van der Waals surface area (Å²) in [6, 6.07) is 0. The highest BCUT2D eigenvalue weighted by Crippen LogP contribution is 2.43. The Balaban J connectivity index is 2.80. The van der Waals surface area contributed by atoms with Crippen molar-refractivity contribution < 1.29 is 14.2 Å². The molecule has 1 saturated heterocycles. The molecule has 0 spiro atoms. The Kier molecular flexibility index (Phi) is 2.74. The van der Waals surface area contributed by atoms with Crippen molar-refractivity contribution >= 4 is 0 Å². The number of halogens is 1. The second kappa shape index (κ2) is 3.30. The Morgan fingerprint density at radius 2 is 2.08 bits per heavy atom. The average molecular weight is 176 g/mol. The van der Waals surface area contributed by atoms with Crippen LogP contribution < -0.4 is 0 Å². The molecule has 2 nitrogen and oxygen atoms in total. The third-order valence-corrected chi connectivity index (χ3v) is 3.05. The monoisotopic (exact) mass is 176 g/mol. The van der Waals surface area contributed by atoms with Crippen molar-refractivity contribution in [2.75, 3.05) is 0 Å². The number of aliphatic hydroxyl groups is 1. The van der Waals surface area contributed by atoms with Crippen molar-refractivity contribution in [3.63, 3.8) is 0 Å². The molecule has 0 radical (unpaired) electrons. The summed E-state index contributed by atoms with van der Waals surface area (Å²) >= 11 is 0. The molecule has 72 valence electrons. The maximum atomic E-state index is 13.4. The quantitative estimate of drug-likeness (QED) is 0.696. The normalized spacial score (nSPS) is 48.2. The third kappa shape index (κ3) is 1.25. The van der Waals surface area contributed by atoms with E-state index in [9.17, 15) is 4.39 Å². The van der Waals surface area contributed by atoms with Crippen LogP contribution in [0.4, 0.5) is 4.39 Å². The lowest BCUT2D eigenvalue weighted by Gasteiger charge is -2.28. The molecule has 1 aliphatic heterocycles. The van der Waals surface area contributed by atoms with Gasteiger partial charge in [0.25, 0.3) is 0 Å². The van der Waals surface area contributed by atoms with E-state index in [1.807, 2.05) is 20.8 Å². The molecule has 1 rings (SSSR count). The fourth-order valence-electron chi connectivity index (χ4n) is 1.88. The van der Waals surface area contributed by atoms with Crippen molar-refractivity contribution in [2.24, 2.45) is 5.41 Å². The van der Waals surface area contributed by atoms with Crippen LogP contribution in [0.15, 0.2) is 0 Å². The Morgan fingerprint density at radius 1 is 1.50 bits per heavy atom. The minimum Gasteiger partial charge on any atom is -0.366 e. The number of ether oxygens (including phenoxy) is 1. The van der Waals surface area contributed by atoms with Gasteiger partial charge in [-0.3, -0.25) is 0 Å². The van der Waals surface area contributed by atoms with Gasteiger partial charge in [0.05, 0.1) is 6.10 Å². The molecule has 1 N–H and O–H groups in total. The molecule has 0 aromatic carbocycles. The molecule has 4 atom stereocenters. The second-order valence-corrected chi connectivity index (χ2v) is 3.68. The lowest BCUT2D eigenvalue weighted by atomic mass is 9.78. The first-order valence-electron chi connectivity index (χ1n) is 4.53. The van der Waals surface area contributed by atoms with Gasteiger partial charge in [0.15, 0.2) is 12.5 Å². The topological polar surface area (TPSA) is 29.5 Å². The van der Waals surface area contributed by atoms with Gasteiger partial charge in [-0.15, -0.1) is 0 Å². The first-order valence-corrected chi connectivity index (χ1v) is 4.53. The van der Waals surface area contributed by atoms with Gasteiger partial charge in [0, 0.05) is 5.41 Å².